The molecule has 9 heteroatoms. The third-order valence-corrected chi connectivity index (χ3v) is 7.27. The number of carboxylic acid groups (broad SMARTS) is 1. The molecule has 40 heavy (non-hydrogen) atoms. The van der Waals surface area contributed by atoms with Gasteiger partial charge in [-0.3, -0.25) is 4.90 Å². The Labute approximate surface area is 233 Å². The number of nitrogens with zero attached hydrogens (tertiary/aromatic N) is 1. The number of halogens is 3. The lowest BCUT2D eigenvalue weighted by Gasteiger charge is -2.44. The quantitative estimate of drug-likeness (QED) is 0.280. The molecule has 0 saturated heterocycles. The lowest BCUT2D eigenvalue weighted by Crippen LogP contribution is -2.47. The smallest absolute Gasteiger partial charge is 0.329 e. The molecule has 2 aromatic rings. The summed E-state index contributed by atoms with van der Waals surface area (Å²) in [5.74, 6) is -2.34. The lowest BCUT2D eigenvalue weighted by molar-refractivity contribution is -0.142. The van der Waals surface area contributed by atoms with E-state index in [0.29, 0.717) is 32.3 Å². The summed E-state index contributed by atoms with van der Waals surface area (Å²) in [6.07, 6.45) is 2.54. The molecule has 218 valence electrons. The van der Waals surface area contributed by atoms with Crippen LogP contribution in [0.15, 0.2) is 42.0 Å². The molecular formula is C31H38F3NO5. The molecule has 0 saturated carbocycles. The van der Waals surface area contributed by atoms with E-state index in [1.54, 1.807) is 0 Å². The Morgan fingerprint density at radius 1 is 1.05 bits per heavy atom. The molecule has 2 aromatic carbocycles. The number of unbranched alkanes of at least 4 members (excludes halogenated alkanes) is 1. The molecule has 0 bridgehead atoms. The van der Waals surface area contributed by atoms with Crippen molar-refractivity contribution in [2.75, 3.05) is 39.6 Å². The van der Waals surface area contributed by atoms with Crippen LogP contribution in [0.25, 0.3) is 5.57 Å². The maximum absolute atomic E-state index is 15.7. The van der Waals surface area contributed by atoms with E-state index in [1.165, 1.54) is 26.0 Å². The van der Waals surface area contributed by atoms with Crippen LogP contribution < -0.4 is 4.74 Å². The second kappa shape index (κ2) is 13.2. The molecule has 0 spiro atoms. The van der Waals surface area contributed by atoms with Gasteiger partial charge in [-0.2, -0.15) is 0 Å². The zero-order valence-electron chi connectivity index (χ0n) is 23.4. The van der Waals surface area contributed by atoms with Crippen LogP contribution in [0.4, 0.5) is 13.2 Å². The van der Waals surface area contributed by atoms with Crippen molar-refractivity contribution >= 4 is 11.5 Å². The van der Waals surface area contributed by atoms with E-state index in [4.69, 9.17) is 19.3 Å². The van der Waals surface area contributed by atoms with Gasteiger partial charge in [-0.1, -0.05) is 24.3 Å². The van der Waals surface area contributed by atoms with Crippen LogP contribution in [0.2, 0.25) is 0 Å². The Bertz CT molecular complexity index is 1200. The van der Waals surface area contributed by atoms with Crippen molar-refractivity contribution in [3.8, 4) is 5.75 Å². The van der Waals surface area contributed by atoms with Gasteiger partial charge in [-0.05, 0) is 68.7 Å². The molecule has 1 heterocycles. The summed E-state index contributed by atoms with van der Waals surface area (Å²) in [7, 11) is 0. The van der Waals surface area contributed by atoms with Crippen molar-refractivity contribution in [3.63, 3.8) is 0 Å². The van der Waals surface area contributed by atoms with Crippen LogP contribution in [0.5, 0.6) is 5.75 Å². The van der Waals surface area contributed by atoms with Crippen LogP contribution in [-0.4, -0.2) is 67.3 Å². The first-order chi connectivity index (χ1) is 19.0. The molecule has 0 fully saturated rings. The number of aliphatic carboxylic acids is 1. The van der Waals surface area contributed by atoms with Gasteiger partial charge in [0.15, 0.2) is 0 Å². The number of carboxylic acids is 1. The normalized spacial score (nSPS) is 19.1. The van der Waals surface area contributed by atoms with E-state index in [2.05, 4.69) is 6.07 Å². The minimum Gasteiger partial charge on any atom is -0.493 e. The van der Waals surface area contributed by atoms with E-state index < -0.39 is 29.3 Å². The molecule has 1 aliphatic carbocycles. The summed E-state index contributed by atoms with van der Waals surface area (Å²) in [6, 6.07) is 9.65. The number of fused-ring (bicyclic) bond motifs is 2. The first-order valence-corrected chi connectivity index (χ1v) is 13.8. The first-order valence-electron chi connectivity index (χ1n) is 13.8. The molecule has 1 N–H and O–H groups in total. The van der Waals surface area contributed by atoms with E-state index in [9.17, 15) is 9.18 Å². The highest BCUT2D eigenvalue weighted by molar-refractivity contribution is 5.79. The van der Waals surface area contributed by atoms with Gasteiger partial charge in [0.1, 0.15) is 29.7 Å². The predicted molar refractivity (Wildman–Crippen MR) is 146 cm³/mol. The molecule has 2 atom stereocenters. The molecule has 0 aromatic heterocycles. The SMILES string of the molecule is C[C@@H]1CC2=C(Cc3ccccc32)[C@@H](c2c(F)cc(OCCCCOCCOCC(=O)O)cc2F)N1CC(C)(C)F. The van der Waals surface area contributed by atoms with Gasteiger partial charge in [0, 0.05) is 36.9 Å². The number of alkyl halides is 1. The topological polar surface area (TPSA) is 68.2 Å². The molecular weight excluding hydrogens is 523 g/mol. The van der Waals surface area contributed by atoms with Crippen molar-refractivity contribution in [3.05, 3.63) is 70.3 Å². The number of ether oxygens (including phenoxy) is 3. The standard InChI is InChI=1S/C31H38F3NO5/c1-20-14-24-23-9-5-4-8-21(23)15-25(24)30(35(20)19-31(2,3)34)29-26(32)16-22(17-27(29)33)40-11-7-6-10-38-12-13-39-18-28(36)37/h4-5,8-9,16-17,20,30H,6-7,10-15,18-19H2,1-3H3,(H,36,37)/t20-,30+/m1/s1. The summed E-state index contributed by atoms with van der Waals surface area (Å²) < 4.78 is 62.3. The molecule has 2 aliphatic rings. The maximum Gasteiger partial charge on any atom is 0.329 e. The third kappa shape index (κ3) is 7.44. The molecule has 6 nitrogen and oxygen atoms in total. The fourth-order valence-electron chi connectivity index (χ4n) is 5.63. The van der Waals surface area contributed by atoms with Gasteiger partial charge >= 0.3 is 5.97 Å². The molecule has 0 unspecified atom stereocenters. The van der Waals surface area contributed by atoms with Crippen LogP contribution in [0, 0.1) is 11.6 Å². The highest BCUT2D eigenvalue weighted by atomic mass is 19.1. The Hall–Kier alpha value is -2.88. The zero-order chi connectivity index (χ0) is 28.9. The Morgan fingerprint density at radius 3 is 2.42 bits per heavy atom. The van der Waals surface area contributed by atoms with Gasteiger partial charge < -0.3 is 19.3 Å². The maximum atomic E-state index is 15.7. The second-order valence-electron chi connectivity index (χ2n) is 11.1. The van der Waals surface area contributed by atoms with E-state index in [0.717, 1.165) is 22.3 Å². The van der Waals surface area contributed by atoms with Crippen LogP contribution in [-0.2, 0) is 20.7 Å². The zero-order valence-corrected chi connectivity index (χ0v) is 23.4. The van der Waals surface area contributed by atoms with Gasteiger partial charge in [-0.15, -0.1) is 0 Å². The molecule has 1 aliphatic heterocycles. The molecule has 0 radical (unpaired) electrons. The van der Waals surface area contributed by atoms with Gasteiger partial charge in [0.2, 0.25) is 0 Å². The highest BCUT2D eigenvalue weighted by Crippen LogP contribution is 2.50. The first kappa shape index (κ1) is 30.1. The summed E-state index contributed by atoms with van der Waals surface area (Å²) in [4.78, 5) is 12.3. The van der Waals surface area contributed by atoms with E-state index in [-0.39, 0.29) is 50.3 Å². The van der Waals surface area contributed by atoms with Crippen molar-refractivity contribution < 1.29 is 37.3 Å². The average molecular weight is 562 g/mol. The highest BCUT2D eigenvalue weighted by Gasteiger charge is 2.42. The summed E-state index contributed by atoms with van der Waals surface area (Å²) in [5, 5.41) is 8.51. The second-order valence-corrected chi connectivity index (χ2v) is 11.1. The Kier molecular flexibility index (Phi) is 9.92. The minimum absolute atomic E-state index is 0.0524. The molecule has 4 rings (SSSR count). The largest absolute Gasteiger partial charge is 0.493 e. The Balaban J connectivity index is 1.44. The molecule has 0 amide bonds. The number of hydrogen-bond donors (Lipinski definition) is 1. The van der Waals surface area contributed by atoms with E-state index in [1.807, 2.05) is 30.0 Å². The summed E-state index contributed by atoms with van der Waals surface area (Å²) in [6.45, 7) is 5.83. The van der Waals surface area contributed by atoms with Crippen molar-refractivity contribution in [1.82, 2.24) is 4.90 Å². The fraction of sp³-hybridized carbons (Fsp3) is 0.516. The minimum atomic E-state index is -1.54. The van der Waals surface area contributed by atoms with Crippen LogP contribution in [0.3, 0.4) is 0 Å². The number of rotatable bonds is 14. The summed E-state index contributed by atoms with van der Waals surface area (Å²) in [5.41, 5.74) is 2.68. The van der Waals surface area contributed by atoms with Gasteiger partial charge in [0.05, 0.1) is 25.9 Å². The monoisotopic (exact) mass is 561 g/mol. The lowest BCUT2D eigenvalue weighted by atomic mass is 9.84. The van der Waals surface area contributed by atoms with E-state index >= 15 is 8.78 Å². The van der Waals surface area contributed by atoms with Crippen LogP contribution in [0.1, 0.15) is 62.8 Å². The predicted octanol–water partition coefficient (Wildman–Crippen LogP) is 6.13. The number of hydrogen-bond acceptors (Lipinski definition) is 5. The summed E-state index contributed by atoms with van der Waals surface area (Å²) >= 11 is 0. The number of benzene rings is 2. The Morgan fingerprint density at radius 2 is 1.73 bits per heavy atom. The average Bonchev–Trinajstić information content (AvgIpc) is 3.23. The third-order valence-electron chi connectivity index (χ3n) is 7.27. The van der Waals surface area contributed by atoms with Gasteiger partial charge in [0.25, 0.3) is 0 Å². The van der Waals surface area contributed by atoms with Crippen molar-refractivity contribution in [2.24, 2.45) is 0 Å². The van der Waals surface area contributed by atoms with Crippen molar-refractivity contribution in [2.45, 2.75) is 64.2 Å². The van der Waals surface area contributed by atoms with Crippen LogP contribution >= 0.6 is 0 Å². The fourth-order valence-corrected chi connectivity index (χ4v) is 5.63. The van der Waals surface area contributed by atoms with Crippen molar-refractivity contribution in [1.29, 1.82) is 0 Å². The number of carbonyl (C=O) groups is 1. The van der Waals surface area contributed by atoms with Gasteiger partial charge in [-0.25, -0.2) is 18.0 Å².